The minimum atomic E-state index is -7.45. The molecule has 0 aliphatic carbocycles. The number of benzene rings is 1. The first-order chi connectivity index (χ1) is 13.6. The Balaban J connectivity index is 3.30. The fourth-order valence-electron chi connectivity index (χ4n) is 2.44. The number of halogens is 11. The summed E-state index contributed by atoms with van der Waals surface area (Å²) in [5.74, 6) is -27.9. The van der Waals surface area contributed by atoms with Gasteiger partial charge in [-0.25, -0.2) is 0 Å². The van der Waals surface area contributed by atoms with E-state index in [-0.39, 0.29) is 11.3 Å². The lowest BCUT2D eigenvalue weighted by Crippen LogP contribution is -2.66. The summed E-state index contributed by atoms with van der Waals surface area (Å²) in [4.78, 5) is 0. The Labute approximate surface area is 170 Å². The highest BCUT2D eigenvalue weighted by Gasteiger charge is 2.87. The van der Waals surface area contributed by atoms with Crippen LogP contribution < -0.4 is 4.74 Å². The van der Waals surface area contributed by atoms with Crippen molar-refractivity contribution in [1.82, 2.24) is 0 Å². The number of alkyl halides is 11. The van der Waals surface area contributed by atoms with E-state index in [1.54, 1.807) is 20.8 Å². The van der Waals surface area contributed by atoms with Crippen LogP contribution in [0, 0.1) is 0 Å². The van der Waals surface area contributed by atoms with Gasteiger partial charge in [0.25, 0.3) is 0 Å². The predicted molar refractivity (Wildman–Crippen MR) is 87.0 cm³/mol. The Morgan fingerprint density at radius 2 is 1.29 bits per heavy atom. The second kappa shape index (κ2) is 8.28. The highest BCUT2D eigenvalue weighted by Crippen LogP contribution is 2.58. The van der Waals surface area contributed by atoms with Gasteiger partial charge in [-0.3, -0.25) is 0 Å². The summed E-state index contributed by atoms with van der Waals surface area (Å²) in [6.07, 6.45) is -11.6. The molecule has 180 valence electrons. The highest BCUT2D eigenvalue weighted by molar-refractivity contribution is 5.31. The summed E-state index contributed by atoms with van der Waals surface area (Å²) in [5, 5.41) is 0. The maximum absolute atomic E-state index is 14.1. The fraction of sp³-hybridized carbons (Fsp3) is 0.667. The van der Waals surface area contributed by atoms with Crippen LogP contribution in [-0.4, -0.2) is 42.6 Å². The standard InChI is InChI=1S/C18H19F11O2/c1-13(2,3)31-11-7-5-6-10(8-11)12(30-4)9-14(19,20)15(21,22)16(23,24)17(25,26)18(27,28)29/h5-8,12H,9H2,1-4H3. The van der Waals surface area contributed by atoms with E-state index in [1.807, 2.05) is 0 Å². The van der Waals surface area contributed by atoms with Crippen LogP contribution in [0.1, 0.15) is 38.9 Å². The van der Waals surface area contributed by atoms with Crippen molar-refractivity contribution in [2.75, 3.05) is 7.11 Å². The second-order valence-electron chi connectivity index (χ2n) is 7.64. The van der Waals surface area contributed by atoms with Gasteiger partial charge in [-0.15, -0.1) is 0 Å². The van der Waals surface area contributed by atoms with Gasteiger partial charge < -0.3 is 9.47 Å². The largest absolute Gasteiger partial charge is 0.488 e. The molecule has 2 nitrogen and oxygen atoms in total. The van der Waals surface area contributed by atoms with Crippen LogP contribution in [-0.2, 0) is 4.74 Å². The third-order valence-electron chi connectivity index (χ3n) is 3.98. The van der Waals surface area contributed by atoms with Crippen molar-refractivity contribution >= 4 is 0 Å². The Morgan fingerprint density at radius 1 is 0.774 bits per heavy atom. The minimum absolute atomic E-state index is 0.0519. The first-order valence-electron chi connectivity index (χ1n) is 8.50. The van der Waals surface area contributed by atoms with Crippen molar-refractivity contribution in [2.24, 2.45) is 0 Å². The predicted octanol–water partition coefficient (Wildman–Crippen LogP) is 7.05. The van der Waals surface area contributed by atoms with Gasteiger partial charge in [0.05, 0.1) is 6.10 Å². The summed E-state index contributed by atoms with van der Waals surface area (Å²) in [5.41, 5.74) is -1.06. The number of hydrogen-bond donors (Lipinski definition) is 0. The van der Waals surface area contributed by atoms with E-state index >= 15 is 0 Å². The molecule has 0 spiro atoms. The van der Waals surface area contributed by atoms with Gasteiger partial charge >= 0.3 is 29.9 Å². The van der Waals surface area contributed by atoms with Crippen molar-refractivity contribution in [3.05, 3.63) is 29.8 Å². The highest BCUT2D eigenvalue weighted by atomic mass is 19.4. The van der Waals surface area contributed by atoms with Crippen molar-refractivity contribution in [2.45, 2.75) is 68.8 Å². The molecular weight excluding hydrogens is 457 g/mol. The quantitative estimate of drug-likeness (QED) is 0.375. The first kappa shape index (κ1) is 27.2. The van der Waals surface area contributed by atoms with Gasteiger partial charge in [-0.2, -0.15) is 48.3 Å². The van der Waals surface area contributed by atoms with E-state index < -0.39 is 48.0 Å². The van der Waals surface area contributed by atoms with Gasteiger partial charge in [-0.1, -0.05) is 12.1 Å². The molecule has 0 N–H and O–H groups in total. The van der Waals surface area contributed by atoms with Crippen LogP contribution in [0.25, 0.3) is 0 Å². The number of rotatable bonds is 8. The van der Waals surface area contributed by atoms with Crippen LogP contribution in [0.5, 0.6) is 5.75 Å². The third kappa shape index (κ3) is 5.35. The molecule has 31 heavy (non-hydrogen) atoms. The van der Waals surface area contributed by atoms with Gasteiger partial charge in [-0.05, 0) is 38.5 Å². The number of hydrogen-bond acceptors (Lipinski definition) is 2. The fourth-order valence-corrected chi connectivity index (χ4v) is 2.44. The monoisotopic (exact) mass is 476 g/mol. The van der Waals surface area contributed by atoms with E-state index in [9.17, 15) is 48.3 Å². The van der Waals surface area contributed by atoms with Crippen molar-refractivity contribution in [3.8, 4) is 5.75 Å². The lowest BCUT2D eigenvalue weighted by atomic mass is 9.92. The summed E-state index contributed by atoms with van der Waals surface area (Å²) >= 11 is 0. The molecule has 0 saturated carbocycles. The zero-order chi connectivity index (χ0) is 24.7. The molecule has 13 heteroatoms. The summed E-state index contributed by atoms with van der Waals surface area (Å²) in [6.45, 7) is 4.85. The van der Waals surface area contributed by atoms with Crippen LogP contribution in [0.3, 0.4) is 0 Å². The van der Waals surface area contributed by atoms with E-state index in [4.69, 9.17) is 4.74 Å². The average molecular weight is 476 g/mol. The van der Waals surface area contributed by atoms with E-state index in [2.05, 4.69) is 4.74 Å². The molecule has 0 aliphatic heterocycles. The minimum Gasteiger partial charge on any atom is -0.488 e. The van der Waals surface area contributed by atoms with Crippen molar-refractivity contribution in [3.63, 3.8) is 0 Å². The van der Waals surface area contributed by atoms with Crippen molar-refractivity contribution in [1.29, 1.82) is 0 Å². The molecule has 1 atom stereocenters. The normalized spacial score (nSPS) is 15.7. The lowest BCUT2D eigenvalue weighted by molar-refractivity contribution is -0.423. The van der Waals surface area contributed by atoms with Crippen LogP contribution in [0.4, 0.5) is 48.3 Å². The van der Waals surface area contributed by atoms with Gasteiger partial charge in [0.2, 0.25) is 0 Å². The Morgan fingerprint density at radius 3 is 1.71 bits per heavy atom. The van der Waals surface area contributed by atoms with Crippen LogP contribution in [0.2, 0.25) is 0 Å². The van der Waals surface area contributed by atoms with Crippen LogP contribution in [0.15, 0.2) is 24.3 Å². The number of methoxy groups -OCH3 is 1. The Kier molecular flexibility index (Phi) is 7.28. The molecule has 0 aliphatic rings. The lowest BCUT2D eigenvalue weighted by Gasteiger charge is -2.38. The van der Waals surface area contributed by atoms with Crippen LogP contribution >= 0.6 is 0 Å². The van der Waals surface area contributed by atoms with E-state index in [1.165, 1.54) is 12.1 Å². The molecule has 0 saturated heterocycles. The zero-order valence-electron chi connectivity index (χ0n) is 16.6. The smallest absolute Gasteiger partial charge is 0.460 e. The molecule has 1 aromatic rings. The van der Waals surface area contributed by atoms with Gasteiger partial charge in [0.15, 0.2) is 0 Å². The SMILES string of the molecule is COC(CC(F)(F)C(F)(F)C(F)(F)C(F)(F)C(F)(F)F)c1cccc(OC(C)(C)C)c1. The van der Waals surface area contributed by atoms with Crippen molar-refractivity contribution < 1.29 is 57.8 Å². The molecule has 0 amide bonds. The molecule has 0 bridgehead atoms. The molecule has 0 aromatic heterocycles. The molecule has 1 unspecified atom stereocenters. The van der Waals surface area contributed by atoms with E-state index in [0.717, 1.165) is 19.2 Å². The zero-order valence-corrected chi connectivity index (χ0v) is 16.6. The maximum atomic E-state index is 14.1. The molecule has 0 heterocycles. The Bertz CT molecular complexity index is 752. The van der Waals surface area contributed by atoms with E-state index in [0.29, 0.717) is 0 Å². The molecular formula is C18H19F11O2. The first-order valence-corrected chi connectivity index (χ1v) is 8.50. The summed E-state index contributed by atoms with van der Waals surface area (Å²) in [7, 11) is 0.735. The molecule has 0 radical (unpaired) electrons. The number of ether oxygens (including phenoxy) is 2. The molecule has 1 aromatic carbocycles. The Hall–Kier alpha value is -1.79. The molecule has 0 fully saturated rings. The molecule has 1 rings (SSSR count). The maximum Gasteiger partial charge on any atom is 0.460 e. The average Bonchev–Trinajstić information content (AvgIpc) is 2.56. The second-order valence-corrected chi connectivity index (χ2v) is 7.64. The summed E-state index contributed by atoms with van der Waals surface area (Å²) in [6, 6.07) is 4.70. The summed E-state index contributed by atoms with van der Waals surface area (Å²) < 4.78 is 155. The van der Waals surface area contributed by atoms with Gasteiger partial charge in [0.1, 0.15) is 11.4 Å². The van der Waals surface area contributed by atoms with Gasteiger partial charge in [0, 0.05) is 13.5 Å². The topological polar surface area (TPSA) is 18.5 Å². The third-order valence-corrected chi connectivity index (χ3v) is 3.98.